The summed E-state index contributed by atoms with van der Waals surface area (Å²) in [4.78, 5) is 5.36. The van der Waals surface area contributed by atoms with E-state index in [9.17, 15) is 0 Å². The lowest BCUT2D eigenvalue weighted by atomic mass is 9.99. The summed E-state index contributed by atoms with van der Waals surface area (Å²) in [5, 5.41) is 0. The number of piperazine rings is 1. The van der Waals surface area contributed by atoms with Crippen LogP contribution in [0.3, 0.4) is 0 Å². The van der Waals surface area contributed by atoms with Crippen LogP contribution in [0.4, 0.5) is 0 Å². The average Bonchev–Trinajstić information content (AvgIpc) is 2.95. The lowest BCUT2D eigenvalue weighted by Gasteiger charge is -2.44. The lowest BCUT2D eigenvalue weighted by molar-refractivity contribution is 0.0500. The second kappa shape index (κ2) is 6.43. The first kappa shape index (κ1) is 13.7. The maximum atomic E-state index is 5.40. The molecule has 2 aliphatic rings. The van der Waals surface area contributed by atoms with Crippen molar-refractivity contribution in [1.82, 2.24) is 9.80 Å². The zero-order chi connectivity index (χ0) is 13.8. The van der Waals surface area contributed by atoms with Crippen molar-refractivity contribution in [2.75, 3.05) is 26.2 Å². The van der Waals surface area contributed by atoms with Crippen LogP contribution in [-0.4, -0.2) is 42.0 Å². The molecular weight excluding hydrogens is 244 g/mol. The van der Waals surface area contributed by atoms with Gasteiger partial charge in [0.15, 0.2) is 0 Å². The predicted molar refractivity (Wildman–Crippen MR) is 83.4 cm³/mol. The van der Waals surface area contributed by atoms with E-state index in [1.807, 2.05) is 0 Å². The highest BCUT2D eigenvalue weighted by Crippen LogP contribution is 2.32. The van der Waals surface area contributed by atoms with Crippen LogP contribution in [0.2, 0.25) is 0 Å². The van der Waals surface area contributed by atoms with Gasteiger partial charge in [-0.3, -0.25) is 9.80 Å². The molecule has 2 aliphatic heterocycles. The molecule has 0 saturated carbocycles. The van der Waals surface area contributed by atoms with E-state index in [1.165, 1.54) is 38.0 Å². The zero-order valence-electron chi connectivity index (χ0n) is 12.2. The molecule has 0 aliphatic carbocycles. The Balaban J connectivity index is 1.74. The molecule has 2 heterocycles. The Morgan fingerprint density at radius 3 is 2.85 bits per heavy atom. The molecule has 0 radical (unpaired) electrons. The van der Waals surface area contributed by atoms with Crippen LogP contribution in [0.25, 0.3) is 0 Å². The third-order valence-corrected chi connectivity index (χ3v) is 4.74. The van der Waals surface area contributed by atoms with Crippen molar-refractivity contribution in [3.8, 4) is 12.3 Å². The van der Waals surface area contributed by atoms with Crippen molar-refractivity contribution < 1.29 is 0 Å². The van der Waals surface area contributed by atoms with Crippen LogP contribution in [0.1, 0.15) is 37.3 Å². The minimum absolute atomic E-state index is 0.545. The average molecular weight is 268 g/mol. The summed E-state index contributed by atoms with van der Waals surface area (Å²) in [6, 6.07) is 12.3. The number of unbranched alkanes of at least 4 members (excludes halogenated alkanes) is 1. The molecule has 1 aromatic rings. The number of rotatable bonds is 4. The molecule has 0 N–H and O–H groups in total. The summed E-state index contributed by atoms with van der Waals surface area (Å²) in [7, 11) is 0. The Morgan fingerprint density at radius 1 is 1.20 bits per heavy atom. The van der Waals surface area contributed by atoms with E-state index < -0.39 is 0 Å². The minimum atomic E-state index is 0.545. The molecule has 0 spiro atoms. The second-order valence-corrected chi connectivity index (χ2v) is 6.02. The molecule has 2 atom stereocenters. The highest BCUT2D eigenvalue weighted by atomic mass is 15.3. The van der Waals surface area contributed by atoms with Gasteiger partial charge in [-0.15, -0.1) is 12.3 Å². The summed E-state index contributed by atoms with van der Waals surface area (Å²) in [6.07, 6.45) is 10.1. The van der Waals surface area contributed by atoms with Gasteiger partial charge in [0.2, 0.25) is 0 Å². The fourth-order valence-electron chi connectivity index (χ4n) is 3.70. The molecule has 0 amide bonds. The molecule has 2 heteroatoms. The number of nitrogens with zero attached hydrogens (tertiary/aromatic N) is 2. The van der Waals surface area contributed by atoms with Gasteiger partial charge in [-0.2, -0.15) is 0 Å². The Kier molecular flexibility index (Phi) is 4.40. The first-order valence-electron chi connectivity index (χ1n) is 7.85. The number of benzene rings is 1. The Hall–Kier alpha value is -1.30. The van der Waals surface area contributed by atoms with E-state index in [4.69, 9.17) is 6.42 Å². The molecule has 3 rings (SSSR count). The highest BCUT2D eigenvalue weighted by Gasteiger charge is 2.36. The number of hydrogen-bond donors (Lipinski definition) is 0. The third kappa shape index (κ3) is 2.90. The summed E-state index contributed by atoms with van der Waals surface area (Å²) < 4.78 is 0. The van der Waals surface area contributed by atoms with Gasteiger partial charge in [-0.1, -0.05) is 30.3 Å². The van der Waals surface area contributed by atoms with E-state index in [-0.39, 0.29) is 0 Å². The third-order valence-electron chi connectivity index (χ3n) is 4.74. The number of fused-ring (bicyclic) bond motifs is 1. The van der Waals surface area contributed by atoms with Gasteiger partial charge in [0.25, 0.3) is 0 Å². The first-order valence-corrected chi connectivity index (χ1v) is 7.85. The first-order chi connectivity index (χ1) is 9.88. The summed E-state index contributed by atoms with van der Waals surface area (Å²) in [6.45, 7) is 4.81. The maximum Gasteiger partial charge on any atom is 0.0475 e. The SMILES string of the molecule is C#CCCCN1CC2CCCN2CC1c1ccccc1. The molecular formula is C18H24N2. The van der Waals surface area contributed by atoms with Gasteiger partial charge in [0.05, 0.1) is 0 Å². The molecule has 2 saturated heterocycles. The van der Waals surface area contributed by atoms with E-state index in [1.54, 1.807) is 0 Å². The van der Waals surface area contributed by atoms with Gasteiger partial charge in [-0.05, 0) is 37.9 Å². The monoisotopic (exact) mass is 268 g/mol. The van der Waals surface area contributed by atoms with Crippen molar-refractivity contribution >= 4 is 0 Å². The second-order valence-electron chi connectivity index (χ2n) is 6.02. The van der Waals surface area contributed by atoms with Crippen molar-refractivity contribution in [3.05, 3.63) is 35.9 Å². The van der Waals surface area contributed by atoms with Crippen molar-refractivity contribution in [2.45, 2.75) is 37.8 Å². The Bertz CT molecular complexity index is 462. The standard InChI is InChI=1S/C18H24N2/c1-2-3-7-12-20-14-17-11-8-13-19(17)15-18(20)16-9-5-4-6-10-16/h1,4-6,9-10,17-18H,3,7-8,11-15H2. The van der Waals surface area contributed by atoms with Crippen LogP contribution in [0.5, 0.6) is 0 Å². The molecule has 0 aromatic heterocycles. The topological polar surface area (TPSA) is 6.48 Å². The van der Waals surface area contributed by atoms with E-state index in [0.29, 0.717) is 6.04 Å². The quantitative estimate of drug-likeness (QED) is 0.612. The van der Waals surface area contributed by atoms with Crippen molar-refractivity contribution in [3.63, 3.8) is 0 Å². The van der Waals surface area contributed by atoms with Crippen molar-refractivity contribution in [2.24, 2.45) is 0 Å². The number of terminal acetylenes is 1. The van der Waals surface area contributed by atoms with E-state index >= 15 is 0 Å². The summed E-state index contributed by atoms with van der Waals surface area (Å²) >= 11 is 0. The summed E-state index contributed by atoms with van der Waals surface area (Å²) in [5.41, 5.74) is 1.46. The van der Waals surface area contributed by atoms with Gasteiger partial charge in [0.1, 0.15) is 0 Å². The zero-order valence-corrected chi connectivity index (χ0v) is 12.2. The fraction of sp³-hybridized carbons (Fsp3) is 0.556. The van der Waals surface area contributed by atoms with E-state index in [0.717, 1.165) is 25.4 Å². The Labute approximate surface area is 122 Å². The van der Waals surface area contributed by atoms with Gasteiger partial charge < -0.3 is 0 Å². The van der Waals surface area contributed by atoms with Gasteiger partial charge in [0, 0.05) is 31.6 Å². The van der Waals surface area contributed by atoms with E-state index in [2.05, 4.69) is 46.1 Å². The predicted octanol–water partition coefficient (Wildman–Crippen LogP) is 2.92. The molecule has 1 aromatic carbocycles. The largest absolute Gasteiger partial charge is 0.297 e. The fourth-order valence-corrected chi connectivity index (χ4v) is 3.70. The molecule has 20 heavy (non-hydrogen) atoms. The highest BCUT2D eigenvalue weighted by molar-refractivity contribution is 5.20. The van der Waals surface area contributed by atoms with Crippen molar-refractivity contribution in [1.29, 1.82) is 0 Å². The normalized spacial score (nSPS) is 27.1. The van der Waals surface area contributed by atoms with Crippen LogP contribution in [0.15, 0.2) is 30.3 Å². The Morgan fingerprint density at radius 2 is 2.05 bits per heavy atom. The molecule has 2 nitrogen and oxygen atoms in total. The molecule has 106 valence electrons. The lowest BCUT2D eigenvalue weighted by Crippen LogP contribution is -2.51. The number of hydrogen-bond acceptors (Lipinski definition) is 2. The van der Waals surface area contributed by atoms with Crippen LogP contribution in [-0.2, 0) is 0 Å². The molecule has 2 unspecified atom stereocenters. The molecule has 2 fully saturated rings. The minimum Gasteiger partial charge on any atom is -0.297 e. The smallest absolute Gasteiger partial charge is 0.0475 e. The van der Waals surface area contributed by atoms with Crippen LogP contribution >= 0.6 is 0 Å². The van der Waals surface area contributed by atoms with Gasteiger partial charge >= 0.3 is 0 Å². The van der Waals surface area contributed by atoms with Crippen LogP contribution < -0.4 is 0 Å². The van der Waals surface area contributed by atoms with Crippen LogP contribution in [0, 0.1) is 12.3 Å². The van der Waals surface area contributed by atoms with Gasteiger partial charge in [-0.25, -0.2) is 0 Å². The molecule has 0 bridgehead atoms. The summed E-state index contributed by atoms with van der Waals surface area (Å²) in [5.74, 6) is 2.77. The maximum absolute atomic E-state index is 5.40.